The maximum atomic E-state index is 6.17. The van der Waals surface area contributed by atoms with Crippen molar-refractivity contribution in [2.75, 3.05) is 7.11 Å². The van der Waals surface area contributed by atoms with Crippen LogP contribution in [0.1, 0.15) is 37.5 Å². The Kier molecular flexibility index (Phi) is 2.96. The summed E-state index contributed by atoms with van der Waals surface area (Å²) in [5.41, 5.74) is 7.75. The lowest BCUT2D eigenvalue weighted by Gasteiger charge is -2.25. The summed E-state index contributed by atoms with van der Waals surface area (Å²) in [6.45, 7) is 0. The van der Waals surface area contributed by atoms with Crippen LogP contribution >= 0.6 is 0 Å². The summed E-state index contributed by atoms with van der Waals surface area (Å²) in [5, 5.41) is 0. The molecule has 1 aromatic heterocycles. The van der Waals surface area contributed by atoms with Crippen LogP contribution < -0.4 is 10.5 Å². The zero-order chi connectivity index (χ0) is 12.5. The number of benzene rings is 1. The molecular formula is C14H18N2O2. The third kappa shape index (κ3) is 1.86. The minimum Gasteiger partial charge on any atom is -0.494 e. The van der Waals surface area contributed by atoms with Crippen LogP contribution in [0.5, 0.6) is 5.75 Å². The highest BCUT2D eigenvalue weighted by molar-refractivity contribution is 5.79. The van der Waals surface area contributed by atoms with Gasteiger partial charge in [-0.3, -0.25) is 0 Å². The van der Waals surface area contributed by atoms with Crippen molar-refractivity contribution in [3.8, 4) is 5.75 Å². The molecule has 18 heavy (non-hydrogen) atoms. The first-order chi connectivity index (χ1) is 8.79. The molecule has 1 heterocycles. The van der Waals surface area contributed by atoms with Gasteiger partial charge in [0, 0.05) is 6.04 Å². The first-order valence-corrected chi connectivity index (χ1v) is 6.48. The van der Waals surface area contributed by atoms with Gasteiger partial charge in [0.2, 0.25) is 0 Å². The van der Waals surface area contributed by atoms with E-state index in [0.29, 0.717) is 0 Å². The second-order valence-corrected chi connectivity index (χ2v) is 4.91. The molecule has 0 amide bonds. The Bertz CT molecular complexity index is 550. The van der Waals surface area contributed by atoms with E-state index >= 15 is 0 Å². The topological polar surface area (TPSA) is 61.3 Å². The van der Waals surface area contributed by atoms with E-state index < -0.39 is 0 Å². The number of nitrogens with two attached hydrogens (primary N) is 1. The Morgan fingerprint density at radius 2 is 2.17 bits per heavy atom. The molecule has 2 N–H and O–H groups in total. The number of fused-ring (bicyclic) bond motifs is 1. The average molecular weight is 246 g/mol. The van der Waals surface area contributed by atoms with Gasteiger partial charge >= 0.3 is 0 Å². The molecule has 1 saturated carbocycles. The normalized spacial score (nSPS) is 24.3. The van der Waals surface area contributed by atoms with E-state index in [9.17, 15) is 0 Å². The maximum absolute atomic E-state index is 6.17. The SMILES string of the molecule is COc1cccc2oc(C3CCCCC3N)nc12. The van der Waals surface area contributed by atoms with Gasteiger partial charge in [-0.1, -0.05) is 18.9 Å². The minimum absolute atomic E-state index is 0.165. The van der Waals surface area contributed by atoms with Gasteiger partial charge in [-0.05, 0) is 25.0 Å². The molecule has 4 nitrogen and oxygen atoms in total. The number of oxazole rings is 1. The number of hydrogen-bond acceptors (Lipinski definition) is 4. The highest BCUT2D eigenvalue weighted by Gasteiger charge is 2.28. The molecule has 1 aromatic carbocycles. The molecule has 0 saturated heterocycles. The summed E-state index contributed by atoms with van der Waals surface area (Å²) < 4.78 is 11.2. The number of aromatic nitrogens is 1. The van der Waals surface area contributed by atoms with Crippen molar-refractivity contribution in [1.29, 1.82) is 0 Å². The predicted molar refractivity (Wildman–Crippen MR) is 69.7 cm³/mol. The third-order valence-electron chi connectivity index (χ3n) is 3.76. The van der Waals surface area contributed by atoms with E-state index in [4.69, 9.17) is 14.9 Å². The number of nitrogens with zero attached hydrogens (tertiary/aromatic N) is 1. The Labute approximate surface area is 106 Å². The van der Waals surface area contributed by atoms with Gasteiger partial charge in [-0.25, -0.2) is 4.98 Å². The van der Waals surface area contributed by atoms with E-state index in [1.165, 1.54) is 12.8 Å². The summed E-state index contributed by atoms with van der Waals surface area (Å²) >= 11 is 0. The molecule has 0 aliphatic heterocycles. The number of methoxy groups -OCH3 is 1. The van der Waals surface area contributed by atoms with Crippen LogP contribution in [0, 0.1) is 0 Å². The molecule has 4 heteroatoms. The van der Waals surface area contributed by atoms with Crippen molar-refractivity contribution in [3.05, 3.63) is 24.1 Å². The lowest BCUT2D eigenvalue weighted by molar-refractivity contribution is 0.332. The Morgan fingerprint density at radius 1 is 1.33 bits per heavy atom. The molecule has 3 rings (SSSR count). The van der Waals surface area contributed by atoms with Gasteiger partial charge in [0.05, 0.1) is 13.0 Å². The molecule has 0 bridgehead atoms. The van der Waals surface area contributed by atoms with Crippen molar-refractivity contribution in [3.63, 3.8) is 0 Å². The van der Waals surface area contributed by atoms with Crippen molar-refractivity contribution >= 4 is 11.1 Å². The fourth-order valence-electron chi connectivity index (χ4n) is 2.73. The largest absolute Gasteiger partial charge is 0.494 e. The van der Waals surface area contributed by atoms with Gasteiger partial charge in [-0.15, -0.1) is 0 Å². The summed E-state index contributed by atoms with van der Waals surface area (Å²) in [4.78, 5) is 4.59. The second kappa shape index (κ2) is 4.61. The van der Waals surface area contributed by atoms with E-state index in [-0.39, 0.29) is 12.0 Å². The molecule has 0 spiro atoms. The Hall–Kier alpha value is -1.55. The monoisotopic (exact) mass is 246 g/mol. The second-order valence-electron chi connectivity index (χ2n) is 4.91. The summed E-state index contributed by atoms with van der Waals surface area (Å²) in [6.07, 6.45) is 4.53. The van der Waals surface area contributed by atoms with Crippen LogP contribution in [0.2, 0.25) is 0 Å². The zero-order valence-electron chi connectivity index (χ0n) is 10.6. The molecular weight excluding hydrogens is 228 g/mol. The fraction of sp³-hybridized carbons (Fsp3) is 0.500. The third-order valence-corrected chi connectivity index (χ3v) is 3.76. The van der Waals surface area contributed by atoms with Gasteiger partial charge in [-0.2, -0.15) is 0 Å². The van der Waals surface area contributed by atoms with E-state index in [2.05, 4.69) is 4.98 Å². The van der Waals surface area contributed by atoms with E-state index in [1.807, 2.05) is 18.2 Å². The Morgan fingerprint density at radius 3 is 2.94 bits per heavy atom. The molecule has 2 unspecified atom stereocenters. The highest BCUT2D eigenvalue weighted by atomic mass is 16.5. The number of hydrogen-bond donors (Lipinski definition) is 1. The quantitative estimate of drug-likeness (QED) is 0.885. The van der Waals surface area contributed by atoms with Crippen LogP contribution in [0.3, 0.4) is 0 Å². The van der Waals surface area contributed by atoms with Crippen LogP contribution in [0.4, 0.5) is 0 Å². The average Bonchev–Trinajstić information content (AvgIpc) is 2.82. The van der Waals surface area contributed by atoms with E-state index in [0.717, 1.165) is 35.6 Å². The van der Waals surface area contributed by atoms with Crippen molar-refractivity contribution in [2.24, 2.45) is 5.73 Å². The summed E-state index contributed by atoms with van der Waals surface area (Å²) in [7, 11) is 1.65. The maximum Gasteiger partial charge on any atom is 0.200 e. The van der Waals surface area contributed by atoms with Crippen LogP contribution in [0.15, 0.2) is 22.6 Å². The lowest BCUT2D eigenvalue weighted by Crippen LogP contribution is -2.31. The molecule has 96 valence electrons. The van der Waals surface area contributed by atoms with Gasteiger partial charge in [0.15, 0.2) is 17.0 Å². The minimum atomic E-state index is 0.165. The molecule has 1 fully saturated rings. The van der Waals surface area contributed by atoms with Gasteiger partial charge in [0.1, 0.15) is 5.75 Å². The van der Waals surface area contributed by atoms with Crippen molar-refractivity contribution in [1.82, 2.24) is 4.98 Å². The highest BCUT2D eigenvalue weighted by Crippen LogP contribution is 2.35. The molecule has 1 aliphatic rings. The zero-order valence-corrected chi connectivity index (χ0v) is 10.6. The smallest absolute Gasteiger partial charge is 0.200 e. The fourth-order valence-corrected chi connectivity index (χ4v) is 2.73. The van der Waals surface area contributed by atoms with Crippen LogP contribution in [0.25, 0.3) is 11.1 Å². The first-order valence-electron chi connectivity index (χ1n) is 6.48. The van der Waals surface area contributed by atoms with Crippen LogP contribution in [-0.2, 0) is 0 Å². The van der Waals surface area contributed by atoms with Gasteiger partial charge in [0.25, 0.3) is 0 Å². The van der Waals surface area contributed by atoms with Crippen molar-refractivity contribution in [2.45, 2.75) is 37.6 Å². The lowest BCUT2D eigenvalue weighted by atomic mass is 9.85. The summed E-state index contributed by atoms with van der Waals surface area (Å²) in [5.74, 6) is 1.77. The molecule has 2 atom stereocenters. The van der Waals surface area contributed by atoms with Crippen LogP contribution in [-0.4, -0.2) is 18.1 Å². The Balaban J connectivity index is 2.02. The van der Waals surface area contributed by atoms with Gasteiger partial charge < -0.3 is 14.9 Å². The summed E-state index contributed by atoms with van der Waals surface area (Å²) in [6, 6.07) is 5.90. The number of rotatable bonds is 2. The molecule has 0 radical (unpaired) electrons. The molecule has 2 aromatic rings. The number of ether oxygens (including phenoxy) is 1. The van der Waals surface area contributed by atoms with Crippen molar-refractivity contribution < 1.29 is 9.15 Å². The van der Waals surface area contributed by atoms with E-state index in [1.54, 1.807) is 7.11 Å². The number of para-hydroxylation sites is 1. The predicted octanol–water partition coefficient (Wildman–Crippen LogP) is 2.82. The standard InChI is InChI=1S/C14H18N2O2/c1-17-11-7-4-8-12-13(11)16-14(18-12)9-5-2-3-6-10(9)15/h4,7-10H,2-3,5-6,15H2,1H3. The first kappa shape index (κ1) is 11.5. The molecule has 1 aliphatic carbocycles.